The van der Waals surface area contributed by atoms with Crippen molar-refractivity contribution >= 4 is 5.65 Å². The Morgan fingerprint density at radius 1 is 1.33 bits per heavy atom. The molecule has 4 heteroatoms. The van der Waals surface area contributed by atoms with Crippen LogP contribution in [0.4, 0.5) is 0 Å². The lowest BCUT2D eigenvalue weighted by Gasteiger charge is -1.99. The van der Waals surface area contributed by atoms with Crippen molar-refractivity contribution in [3.63, 3.8) is 0 Å². The molecule has 0 aliphatic heterocycles. The van der Waals surface area contributed by atoms with Gasteiger partial charge in [-0.2, -0.15) is 0 Å². The van der Waals surface area contributed by atoms with Crippen molar-refractivity contribution in [2.45, 2.75) is 6.92 Å². The average Bonchev–Trinajstić information content (AvgIpc) is 2.47. The molecule has 0 atom stereocenters. The summed E-state index contributed by atoms with van der Waals surface area (Å²) in [7, 11) is 1.64. The lowest BCUT2D eigenvalue weighted by Crippen LogP contribution is -1.90. The summed E-state index contributed by atoms with van der Waals surface area (Å²) in [5.74, 6) is 1.68. The molecule has 0 fully saturated rings. The maximum Gasteiger partial charge on any atom is 0.161 e. The number of nitrogens with zero attached hydrogens (tertiary/aromatic N) is 3. The highest BCUT2D eigenvalue weighted by molar-refractivity contribution is 5.41. The van der Waals surface area contributed by atoms with Crippen LogP contribution in [0.1, 0.15) is 5.82 Å². The van der Waals surface area contributed by atoms with E-state index >= 15 is 0 Å². The van der Waals surface area contributed by atoms with Crippen LogP contribution in [0.5, 0.6) is 5.75 Å². The van der Waals surface area contributed by atoms with Gasteiger partial charge in [-0.3, -0.25) is 4.40 Å². The van der Waals surface area contributed by atoms with Crippen molar-refractivity contribution in [2.24, 2.45) is 0 Å². The molecule has 0 aliphatic rings. The normalized spacial score (nSPS) is 10.5. The van der Waals surface area contributed by atoms with E-state index in [0.29, 0.717) is 0 Å². The number of fused-ring (bicyclic) bond motifs is 1. The maximum absolute atomic E-state index is 5.07. The molecule has 0 spiro atoms. The van der Waals surface area contributed by atoms with Crippen LogP contribution in [-0.4, -0.2) is 21.7 Å². The van der Waals surface area contributed by atoms with Crippen molar-refractivity contribution in [1.82, 2.24) is 14.6 Å². The summed E-state index contributed by atoms with van der Waals surface area (Å²) in [6.45, 7) is 1.90. The Hall–Kier alpha value is -1.58. The number of aromatic nitrogens is 3. The second-order valence-corrected chi connectivity index (χ2v) is 2.54. The van der Waals surface area contributed by atoms with Crippen LogP contribution >= 0.6 is 0 Å². The Morgan fingerprint density at radius 3 is 2.92 bits per heavy atom. The maximum atomic E-state index is 5.07. The third-order valence-corrected chi connectivity index (χ3v) is 1.78. The van der Waals surface area contributed by atoms with Gasteiger partial charge in [-0.1, -0.05) is 0 Å². The number of hydrogen-bond donors (Lipinski definition) is 0. The van der Waals surface area contributed by atoms with Gasteiger partial charge < -0.3 is 4.74 Å². The van der Waals surface area contributed by atoms with E-state index < -0.39 is 0 Å². The number of pyridine rings is 1. The quantitative estimate of drug-likeness (QED) is 0.630. The van der Waals surface area contributed by atoms with E-state index in [1.165, 1.54) is 0 Å². The summed E-state index contributed by atoms with van der Waals surface area (Å²) in [6.07, 6.45) is 1.87. The van der Waals surface area contributed by atoms with Crippen LogP contribution in [0.15, 0.2) is 18.3 Å². The van der Waals surface area contributed by atoms with Crippen molar-refractivity contribution < 1.29 is 4.74 Å². The number of ether oxygens (including phenoxy) is 1. The highest BCUT2D eigenvalue weighted by Gasteiger charge is 2.00. The molecule has 0 aromatic carbocycles. The molecule has 2 heterocycles. The first-order valence-electron chi connectivity index (χ1n) is 3.66. The summed E-state index contributed by atoms with van der Waals surface area (Å²) in [5, 5.41) is 7.88. The van der Waals surface area contributed by atoms with Crippen molar-refractivity contribution in [3.8, 4) is 5.75 Å². The number of rotatable bonds is 1. The lowest BCUT2D eigenvalue weighted by molar-refractivity contribution is 0.412. The van der Waals surface area contributed by atoms with E-state index in [2.05, 4.69) is 10.2 Å². The first kappa shape index (κ1) is 7.09. The Kier molecular flexibility index (Phi) is 1.46. The molecule has 0 saturated carbocycles. The van der Waals surface area contributed by atoms with E-state index in [-0.39, 0.29) is 0 Å². The van der Waals surface area contributed by atoms with Gasteiger partial charge in [0.25, 0.3) is 0 Å². The minimum absolute atomic E-state index is 0.811. The van der Waals surface area contributed by atoms with Gasteiger partial charge in [0, 0.05) is 0 Å². The lowest BCUT2D eigenvalue weighted by atomic mass is 10.4. The van der Waals surface area contributed by atoms with Crippen molar-refractivity contribution in [2.75, 3.05) is 7.11 Å². The van der Waals surface area contributed by atoms with Gasteiger partial charge >= 0.3 is 0 Å². The summed E-state index contributed by atoms with van der Waals surface area (Å²) < 4.78 is 6.96. The van der Waals surface area contributed by atoms with Gasteiger partial charge in [0.2, 0.25) is 0 Å². The zero-order valence-electron chi connectivity index (χ0n) is 6.98. The summed E-state index contributed by atoms with van der Waals surface area (Å²) in [4.78, 5) is 0. The van der Waals surface area contributed by atoms with E-state index in [0.717, 1.165) is 17.2 Å². The summed E-state index contributed by atoms with van der Waals surface area (Å²) >= 11 is 0. The third-order valence-electron chi connectivity index (χ3n) is 1.78. The van der Waals surface area contributed by atoms with Gasteiger partial charge in [-0.05, 0) is 19.1 Å². The molecular formula is C8H9N3O. The van der Waals surface area contributed by atoms with Gasteiger partial charge in [0.15, 0.2) is 5.65 Å². The molecule has 0 amide bonds. The molecule has 62 valence electrons. The van der Waals surface area contributed by atoms with Crippen molar-refractivity contribution in [3.05, 3.63) is 24.2 Å². The Balaban J connectivity index is 2.71. The molecule has 0 radical (unpaired) electrons. The van der Waals surface area contributed by atoms with Crippen LogP contribution in [0.3, 0.4) is 0 Å². The standard InChI is InChI=1S/C8H9N3O/c1-6-9-10-8-4-3-7(12-2)5-11(6)8/h3-5H,1-2H3. The van der Waals surface area contributed by atoms with Gasteiger partial charge in [0.05, 0.1) is 13.3 Å². The SMILES string of the molecule is COc1ccc2nnc(C)n2c1. The number of aryl methyl sites for hydroxylation is 1. The highest BCUT2D eigenvalue weighted by atomic mass is 16.5. The minimum Gasteiger partial charge on any atom is -0.495 e. The Labute approximate surface area is 69.8 Å². The molecule has 0 unspecified atom stereocenters. The molecule has 0 N–H and O–H groups in total. The average molecular weight is 163 g/mol. The molecule has 12 heavy (non-hydrogen) atoms. The van der Waals surface area contributed by atoms with Crippen LogP contribution in [0.2, 0.25) is 0 Å². The fourth-order valence-corrected chi connectivity index (χ4v) is 1.11. The molecule has 0 saturated heterocycles. The number of methoxy groups -OCH3 is 1. The van der Waals surface area contributed by atoms with Gasteiger partial charge in [-0.15, -0.1) is 10.2 Å². The van der Waals surface area contributed by atoms with E-state index in [1.54, 1.807) is 7.11 Å². The second-order valence-electron chi connectivity index (χ2n) is 2.54. The minimum atomic E-state index is 0.811. The monoisotopic (exact) mass is 163 g/mol. The van der Waals surface area contributed by atoms with Gasteiger partial charge in [0.1, 0.15) is 11.6 Å². The van der Waals surface area contributed by atoms with Gasteiger partial charge in [-0.25, -0.2) is 0 Å². The fraction of sp³-hybridized carbons (Fsp3) is 0.250. The van der Waals surface area contributed by atoms with E-state index in [4.69, 9.17) is 4.74 Å². The third kappa shape index (κ3) is 0.922. The zero-order valence-corrected chi connectivity index (χ0v) is 6.98. The van der Waals surface area contributed by atoms with Crippen LogP contribution in [-0.2, 0) is 0 Å². The Morgan fingerprint density at radius 2 is 2.17 bits per heavy atom. The molecule has 2 aromatic heterocycles. The van der Waals surface area contributed by atoms with Crippen molar-refractivity contribution in [1.29, 1.82) is 0 Å². The predicted octanol–water partition coefficient (Wildman–Crippen LogP) is 1.05. The topological polar surface area (TPSA) is 39.4 Å². The van der Waals surface area contributed by atoms with Crippen LogP contribution < -0.4 is 4.74 Å². The van der Waals surface area contributed by atoms with E-state index in [9.17, 15) is 0 Å². The number of hydrogen-bond acceptors (Lipinski definition) is 3. The molecule has 0 bridgehead atoms. The fourth-order valence-electron chi connectivity index (χ4n) is 1.11. The molecular weight excluding hydrogens is 154 g/mol. The zero-order chi connectivity index (χ0) is 8.55. The van der Waals surface area contributed by atoms with Crippen LogP contribution in [0, 0.1) is 6.92 Å². The molecule has 2 aromatic rings. The summed E-state index contributed by atoms with van der Waals surface area (Å²) in [5.41, 5.74) is 0.841. The van der Waals surface area contributed by atoms with Crippen LogP contribution in [0.25, 0.3) is 5.65 Å². The largest absolute Gasteiger partial charge is 0.495 e. The molecule has 2 rings (SSSR count). The van der Waals surface area contributed by atoms with E-state index in [1.807, 2.05) is 29.7 Å². The first-order chi connectivity index (χ1) is 5.81. The smallest absolute Gasteiger partial charge is 0.161 e. The first-order valence-corrected chi connectivity index (χ1v) is 3.66. The molecule has 0 aliphatic carbocycles. The predicted molar refractivity (Wildman–Crippen MR) is 44.3 cm³/mol. The summed E-state index contributed by atoms with van der Waals surface area (Å²) in [6, 6.07) is 3.74. The second kappa shape index (κ2) is 2.48. The highest BCUT2D eigenvalue weighted by Crippen LogP contribution is 2.11. The molecule has 4 nitrogen and oxygen atoms in total. The Bertz CT molecular complexity index is 408.